The number of alkyl halides is 3. The molecule has 2 fully saturated rings. The van der Waals surface area contributed by atoms with Crippen molar-refractivity contribution in [3.8, 4) is 0 Å². The van der Waals surface area contributed by atoms with Crippen LogP contribution in [-0.4, -0.2) is 34.4 Å². The molecule has 0 heterocycles. The molecule has 0 spiro atoms. The summed E-state index contributed by atoms with van der Waals surface area (Å²) < 4.78 is 31.7. The van der Waals surface area contributed by atoms with E-state index in [1.807, 2.05) is 0 Å². The van der Waals surface area contributed by atoms with E-state index in [1.54, 1.807) is 0 Å². The van der Waals surface area contributed by atoms with Crippen molar-refractivity contribution < 1.29 is 33.0 Å². The summed E-state index contributed by atoms with van der Waals surface area (Å²) in [7, 11) is 0. The first kappa shape index (κ1) is 20.5. The van der Waals surface area contributed by atoms with E-state index < -0.39 is 18.1 Å². The molecule has 0 aliphatic heterocycles. The van der Waals surface area contributed by atoms with Gasteiger partial charge in [0.05, 0.1) is 0 Å². The predicted octanol–water partition coefficient (Wildman–Crippen LogP) is 3.19. The molecule has 2 saturated carbocycles. The van der Waals surface area contributed by atoms with Gasteiger partial charge in [0.15, 0.2) is 0 Å². The van der Waals surface area contributed by atoms with Gasteiger partial charge in [-0.15, -0.1) is 0 Å². The van der Waals surface area contributed by atoms with Crippen molar-refractivity contribution in [2.75, 3.05) is 0 Å². The van der Waals surface area contributed by atoms with Crippen LogP contribution >= 0.6 is 0 Å². The number of unbranched alkanes of at least 4 members (excludes halogenated alkanes) is 1. The van der Waals surface area contributed by atoms with Crippen LogP contribution in [0.5, 0.6) is 0 Å². The Hall–Kier alpha value is -1.57. The summed E-state index contributed by atoms with van der Waals surface area (Å²) in [5, 5.41) is 15.6. The molecule has 138 valence electrons. The zero-order valence-electron chi connectivity index (χ0n) is 13.3. The SMILES string of the molecule is N[C@@H]1[C@@H]2CC[C@@H](C2)[C@H]1CC=CCCCC(=O)O.O=C(O)C(F)(F)F. The van der Waals surface area contributed by atoms with Gasteiger partial charge in [-0.2, -0.15) is 13.2 Å². The van der Waals surface area contributed by atoms with Crippen LogP contribution in [-0.2, 0) is 9.59 Å². The standard InChI is InChI=1S/C14H23NO2.C2HF3O2/c15-14-11-8-7-10(9-11)12(14)5-3-1-2-4-6-13(16)17;3-2(4,5)1(6)7/h1,3,10-12,14H,2,4-9,15H2,(H,16,17);(H,6,7)/t10-,11+,12+,14+;/m0./s1. The van der Waals surface area contributed by atoms with Crippen LogP contribution in [0.3, 0.4) is 0 Å². The number of carboxylic acids is 2. The van der Waals surface area contributed by atoms with Gasteiger partial charge < -0.3 is 15.9 Å². The van der Waals surface area contributed by atoms with Crippen LogP contribution in [0.25, 0.3) is 0 Å². The summed E-state index contributed by atoms with van der Waals surface area (Å²) >= 11 is 0. The maximum Gasteiger partial charge on any atom is 0.490 e. The Balaban J connectivity index is 0.000000351. The van der Waals surface area contributed by atoms with Gasteiger partial charge in [0, 0.05) is 12.5 Å². The summed E-state index contributed by atoms with van der Waals surface area (Å²) in [4.78, 5) is 19.2. The van der Waals surface area contributed by atoms with Gasteiger partial charge >= 0.3 is 18.1 Å². The van der Waals surface area contributed by atoms with Crippen molar-refractivity contribution >= 4 is 11.9 Å². The van der Waals surface area contributed by atoms with E-state index in [4.69, 9.17) is 20.7 Å². The van der Waals surface area contributed by atoms with Crippen LogP contribution in [0.4, 0.5) is 13.2 Å². The number of allylic oxidation sites excluding steroid dienone is 2. The molecule has 0 aromatic carbocycles. The van der Waals surface area contributed by atoms with E-state index in [9.17, 15) is 18.0 Å². The molecule has 8 heteroatoms. The maximum atomic E-state index is 10.6. The Morgan fingerprint density at radius 1 is 1.12 bits per heavy atom. The van der Waals surface area contributed by atoms with E-state index in [-0.39, 0.29) is 6.42 Å². The first-order valence-corrected chi connectivity index (χ1v) is 8.05. The molecule has 2 bridgehead atoms. The van der Waals surface area contributed by atoms with Gasteiger partial charge in [0.25, 0.3) is 0 Å². The highest BCUT2D eigenvalue weighted by atomic mass is 19.4. The molecule has 4 atom stereocenters. The Kier molecular flexibility index (Phi) is 7.72. The fraction of sp³-hybridized carbons (Fsp3) is 0.750. The number of carbonyl (C=O) groups is 2. The lowest BCUT2D eigenvalue weighted by molar-refractivity contribution is -0.192. The second-order valence-electron chi connectivity index (χ2n) is 6.37. The lowest BCUT2D eigenvalue weighted by atomic mass is 9.83. The third-order valence-electron chi connectivity index (χ3n) is 4.74. The van der Waals surface area contributed by atoms with Gasteiger partial charge in [0.2, 0.25) is 0 Å². The Labute approximate surface area is 138 Å². The maximum absolute atomic E-state index is 10.6. The average molecular weight is 351 g/mol. The third kappa shape index (κ3) is 6.51. The lowest BCUT2D eigenvalue weighted by Crippen LogP contribution is -2.35. The van der Waals surface area contributed by atoms with Crippen LogP contribution in [0.1, 0.15) is 44.9 Å². The fourth-order valence-corrected chi connectivity index (χ4v) is 3.55. The topological polar surface area (TPSA) is 101 Å². The summed E-state index contributed by atoms with van der Waals surface area (Å²) in [5.41, 5.74) is 6.23. The molecule has 0 aromatic rings. The number of rotatable bonds is 6. The highest BCUT2D eigenvalue weighted by molar-refractivity contribution is 5.73. The van der Waals surface area contributed by atoms with Crippen LogP contribution in [0, 0.1) is 17.8 Å². The number of aliphatic carboxylic acids is 2. The van der Waals surface area contributed by atoms with Crippen molar-refractivity contribution in [3.63, 3.8) is 0 Å². The first-order chi connectivity index (χ1) is 11.1. The summed E-state index contributed by atoms with van der Waals surface area (Å²) in [6.45, 7) is 0. The predicted molar refractivity (Wildman–Crippen MR) is 81.2 cm³/mol. The zero-order valence-corrected chi connectivity index (χ0v) is 13.3. The number of halogens is 3. The van der Waals surface area contributed by atoms with Gasteiger partial charge in [0.1, 0.15) is 0 Å². The molecule has 2 aliphatic carbocycles. The second kappa shape index (κ2) is 9.05. The van der Waals surface area contributed by atoms with Crippen molar-refractivity contribution in [1.82, 2.24) is 0 Å². The molecule has 5 nitrogen and oxygen atoms in total. The molecule has 0 aromatic heterocycles. The van der Waals surface area contributed by atoms with Crippen molar-refractivity contribution in [2.24, 2.45) is 23.5 Å². The molecular weight excluding hydrogens is 327 g/mol. The second-order valence-corrected chi connectivity index (χ2v) is 6.37. The first-order valence-electron chi connectivity index (χ1n) is 8.05. The number of hydrogen-bond donors (Lipinski definition) is 3. The molecule has 0 amide bonds. The highest BCUT2D eigenvalue weighted by Gasteiger charge is 2.44. The molecule has 4 N–H and O–H groups in total. The largest absolute Gasteiger partial charge is 0.490 e. The molecule has 24 heavy (non-hydrogen) atoms. The molecular formula is C16H24F3NO4. The molecule has 0 saturated heterocycles. The van der Waals surface area contributed by atoms with Crippen LogP contribution in [0.15, 0.2) is 12.2 Å². The van der Waals surface area contributed by atoms with Crippen LogP contribution in [0.2, 0.25) is 0 Å². The highest BCUT2D eigenvalue weighted by Crippen LogP contribution is 2.48. The smallest absolute Gasteiger partial charge is 0.481 e. The van der Waals surface area contributed by atoms with E-state index in [2.05, 4.69) is 12.2 Å². The molecule has 0 unspecified atom stereocenters. The number of nitrogens with two attached hydrogens (primary N) is 1. The molecule has 2 aliphatic rings. The minimum absolute atomic E-state index is 0.276. The van der Waals surface area contributed by atoms with E-state index >= 15 is 0 Å². The van der Waals surface area contributed by atoms with Gasteiger partial charge in [-0.25, -0.2) is 4.79 Å². The Morgan fingerprint density at radius 2 is 1.71 bits per heavy atom. The fourth-order valence-electron chi connectivity index (χ4n) is 3.55. The van der Waals surface area contributed by atoms with E-state index in [0.717, 1.165) is 31.1 Å². The van der Waals surface area contributed by atoms with Gasteiger partial charge in [-0.1, -0.05) is 12.2 Å². The van der Waals surface area contributed by atoms with Crippen molar-refractivity contribution in [1.29, 1.82) is 0 Å². The van der Waals surface area contributed by atoms with E-state index in [0.29, 0.717) is 12.0 Å². The number of hydrogen-bond acceptors (Lipinski definition) is 3. The van der Waals surface area contributed by atoms with Crippen LogP contribution < -0.4 is 5.73 Å². The monoisotopic (exact) mass is 351 g/mol. The third-order valence-corrected chi connectivity index (χ3v) is 4.74. The normalized spacial score (nSPS) is 28.7. The van der Waals surface area contributed by atoms with Crippen molar-refractivity contribution in [3.05, 3.63) is 12.2 Å². The van der Waals surface area contributed by atoms with E-state index in [1.165, 1.54) is 19.3 Å². The molecule has 2 rings (SSSR count). The number of carboxylic acid groups (broad SMARTS) is 2. The van der Waals surface area contributed by atoms with Gasteiger partial charge in [-0.05, 0) is 56.3 Å². The quantitative estimate of drug-likeness (QED) is 0.504. The zero-order chi connectivity index (χ0) is 18.3. The minimum Gasteiger partial charge on any atom is -0.481 e. The summed E-state index contributed by atoms with van der Waals surface area (Å²) in [6, 6.07) is 0.414. The summed E-state index contributed by atoms with van der Waals surface area (Å²) in [6.07, 6.45) is 6.30. The molecule has 0 radical (unpaired) electrons. The Morgan fingerprint density at radius 3 is 2.17 bits per heavy atom. The minimum atomic E-state index is -5.08. The van der Waals surface area contributed by atoms with Crippen molar-refractivity contribution in [2.45, 2.75) is 57.2 Å². The summed E-state index contributed by atoms with van der Waals surface area (Å²) in [5.74, 6) is -1.13. The van der Waals surface area contributed by atoms with Gasteiger partial charge in [-0.3, -0.25) is 4.79 Å². The average Bonchev–Trinajstić information content (AvgIpc) is 3.04. The Bertz CT molecular complexity index is 463. The number of fused-ring (bicyclic) bond motifs is 2. The lowest BCUT2D eigenvalue weighted by Gasteiger charge is -2.27.